The Labute approximate surface area is 87.0 Å². The van der Waals surface area contributed by atoms with E-state index >= 15 is 0 Å². The van der Waals surface area contributed by atoms with Gasteiger partial charge in [0.1, 0.15) is 0 Å². The molecule has 0 aromatic heterocycles. The Morgan fingerprint density at radius 2 is 1.71 bits per heavy atom. The summed E-state index contributed by atoms with van der Waals surface area (Å²) in [5, 5.41) is 0. The van der Waals surface area contributed by atoms with Gasteiger partial charge in [0.15, 0.2) is 9.84 Å². The average molecular weight is 219 g/mol. The average Bonchev–Trinajstić information content (AvgIpc) is 2.17. The van der Waals surface area contributed by atoms with E-state index in [-0.39, 0.29) is 12.3 Å². The first-order valence-electron chi connectivity index (χ1n) is 5.54. The molecule has 3 nitrogen and oxygen atoms in total. The molecule has 0 amide bonds. The normalized spacial score (nSPS) is 19.8. The smallest absolute Gasteiger partial charge is 0.151 e. The van der Waals surface area contributed by atoms with E-state index in [0.717, 1.165) is 6.42 Å². The Balaban J connectivity index is 2.24. The van der Waals surface area contributed by atoms with Crippen molar-refractivity contribution in [3.8, 4) is 0 Å². The zero-order chi connectivity index (χ0) is 10.4. The van der Waals surface area contributed by atoms with E-state index in [9.17, 15) is 8.42 Å². The summed E-state index contributed by atoms with van der Waals surface area (Å²) in [5.41, 5.74) is 5.24. The van der Waals surface area contributed by atoms with Crippen molar-refractivity contribution in [2.75, 3.05) is 18.1 Å². The van der Waals surface area contributed by atoms with Crippen LogP contribution < -0.4 is 5.73 Å². The van der Waals surface area contributed by atoms with Gasteiger partial charge >= 0.3 is 0 Å². The van der Waals surface area contributed by atoms with E-state index in [1.807, 2.05) is 0 Å². The summed E-state index contributed by atoms with van der Waals surface area (Å²) in [6.45, 7) is 0.257. The Bertz CT molecular complexity index is 243. The van der Waals surface area contributed by atoms with Gasteiger partial charge in [0, 0.05) is 6.54 Å². The molecule has 1 rings (SSSR count). The van der Waals surface area contributed by atoms with Crippen LogP contribution in [-0.2, 0) is 9.84 Å². The van der Waals surface area contributed by atoms with Gasteiger partial charge in [-0.05, 0) is 12.3 Å². The van der Waals surface area contributed by atoms with Crippen LogP contribution in [0.5, 0.6) is 0 Å². The molecule has 1 aliphatic carbocycles. The SMILES string of the molecule is NCCS(=O)(=O)CCC1CCCCC1. The molecule has 0 aromatic rings. The first-order chi connectivity index (χ1) is 6.64. The summed E-state index contributed by atoms with van der Waals surface area (Å²) in [6.07, 6.45) is 7.17. The van der Waals surface area contributed by atoms with Crippen LogP contribution in [0.3, 0.4) is 0 Å². The van der Waals surface area contributed by atoms with Gasteiger partial charge in [0.05, 0.1) is 11.5 Å². The van der Waals surface area contributed by atoms with Crippen molar-refractivity contribution in [1.29, 1.82) is 0 Å². The van der Waals surface area contributed by atoms with E-state index in [1.54, 1.807) is 0 Å². The Kier molecular flexibility index (Phi) is 4.89. The molecule has 0 aromatic carbocycles. The maximum Gasteiger partial charge on any atom is 0.151 e. The van der Waals surface area contributed by atoms with Gasteiger partial charge in [-0.2, -0.15) is 0 Å². The number of rotatable bonds is 5. The van der Waals surface area contributed by atoms with Crippen LogP contribution in [-0.4, -0.2) is 26.5 Å². The van der Waals surface area contributed by atoms with Crippen LogP contribution in [0.4, 0.5) is 0 Å². The maximum absolute atomic E-state index is 11.4. The summed E-state index contributed by atoms with van der Waals surface area (Å²) < 4.78 is 22.8. The number of sulfone groups is 1. The zero-order valence-corrected chi connectivity index (χ0v) is 9.56. The highest BCUT2D eigenvalue weighted by Crippen LogP contribution is 2.26. The van der Waals surface area contributed by atoms with Gasteiger partial charge in [-0.25, -0.2) is 8.42 Å². The molecular formula is C10H21NO2S. The van der Waals surface area contributed by atoms with E-state index in [0.29, 0.717) is 11.7 Å². The summed E-state index contributed by atoms with van der Waals surface area (Å²) in [5.74, 6) is 1.14. The number of hydrogen-bond donors (Lipinski definition) is 1. The molecule has 4 heteroatoms. The lowest BCUT2D eigenvalue weighted by atomic mass is 9.88. The van der Waals surface area contributed by atoms with Crippen LogP contribution >= 0.6 is 0 Å². The van der Waals surface area contributed by atoms with Gasteiger partial charge in [-0.15, -0.1) is 0 Å². The molecule has 0 radical (unpaired) electrons. The standard InChI is InChI=1S/C10H21NO2S/c11-7-9-14(12,13)8-6-10-4-2-1-3-5-10/h10H,1-9,11H2. The Morgan fingerprint density at radius 1 is 1.07 bits per heavy atom. The molecule has 1 aliphatic rings. The molecule has 0 saturated heterocycles. The largest absolute Gasteiger partial charge is 0.329 e. The molecule has 1 saturated carbocycles. The van der Waals surface area contributed by atoms with Crippen LogP contribution in [0.2, 0.25) is 0 Å². The lowest BCUT2D eigenvalue weighted by Gasteiger charge is -2.21. The minimum atomic E-state index is -2.86. The van der Waals surface area contributed by atoms with Crippen molar-refractivity contribution in [2.24, 2.45) is 11.7 Å². The van der Waals surface area contributed by atoms with Crippen molar-refractivity contribution in [3.63, 3.8) is 0 Å². The third-order valence-corrected chi connectivity index (χ3v) is 4.71. The minimum Gasteiger partial charge on any atom is -0.329 e. The molecule has 0 heterocycles. The van der Waals surface area contributed by atoms with Crippen LogP contribution in [0.25, 0.3) is 0 Å². The van der Waals surface area contributed by atoms with Gasteiger partial charge in [0.2, 0.25) is 0 Å². The van der Waals surface area contributed by atoms with E-state index < -0.39 is 9.84 Å². The van der Waals surface area contributed by atoms with Gasteiger partial charge in [-0.1, -0.05) is 32.1 Å². The molecule has 0 bridgehead atoms. The highest BCUT2D eigenvalue weighted by molar-refractivity contribution is 7.91. The predicted octanol–water partition coefficient (Wildman–Crippen LogP) is 1.33. The predicted molar refractivity (Wildman–Crippen MR) is 58.9 cm³/mol. The molecular weight excluding hydrogens is 198 g/mol. The molecule has 0 spiro atoms. The second kappa shape index (κ2) is 5.71. The minimum absolute atomic E-state index is 0.152. The lowest BCUT2D eigenvalue weighted by molar-refractivity contribution is 0.350. The van der Waals surface area contributed by atoms with E-state index in [2.05, 4.69) is 0 Å². The topological polar surface area (TPSA) is 60.2 Å². The highest BCUT2D eigenvalue weighted by Gasteiger charge is 2.17. The Morgan fingerprint density at radius 3 is 2.29 bits per heavy atom. The molecule has 14 heavy (non-hydrogen) atoms. The third-order valence-electron chi connectivity index (χ3n) is 2.99. The van der Waals surface area contributed by atoms with E-state index in [1.165, 1.54) is 32.1 Å². The fourth-order valence-electron chi connectivity index (χ4n) is 2.10. The summed E-state index contributed by atoms with van der Waals surface area (Å²) in [4.78, 5) is 0. The van der Waals surface area contributed by atoms with Crippen molar-refractivity contribution >= 4 is 9.84 Å². The summed E-state index contributed by atoms with van der Waals surface area (Å²) in [7, 11) is -2.86. The van der Waals surface area contributed by atoms with Crippen molar-refractivity contribution in [3.05, 3.63) is 0 Å². The summed E-state index contributed by atoms with van der Waals surface area (Å²) in [6, 6.07) is 0. The molecule has 84 valence electrons. The van der Waals surface area contributed by atoms with Crippen LogP contribution in [0, 0.1) is 5.92 Å². The van der Waals surface area contributed by atoms with Gasteiger partial charge in [0.25, 0.3) is 0 Å². The second-order valence-electron chi connectivity index (χ2n) is 4.23. The highest BCUT2D eigenvalue weighted by atomic mass is 32.2. The second-order valence-corrected chi connectivity index (χ2v) is 6.54. The fourth-order valence-corrected chi connectivity index (χ4v) is 3.36. The molecule has 1 fully saturated rings. The zero-order valence-electron chi connectivity index (χ0n) is 8.74. The molecule has 0 unspecified atom stereocenters. The van der Waals surface area contributed by atoms with Crippen LogP contribution in [0.15, 0.2) is 0 Å². The number of hydrogen-bond acceptors (Lipinski definition) is 3. The Hall–Kier alpha value is -0.0900. The van der Waals surface area contributed by atoms with Crippen LogP contribution in [0.1, 0.15) is 38.5 Å². The fraction of sp³-hybridized carbons (Fsp3) is 1.00. The molecule has 0 atom stereocenters. The quantitative estimate of drug-likeness (QED) is 0.759. The van der Waals surface area contributed by atoms with Crippen molar-refractivity contribution < 1.29 is 8.42 Å². The van der Waals surface area contributed by atoms with Gasteiger partial charge < -0.3 is 5.73 Å². The molecule has 2 N–H and O–H groups in total. The lowest BCUT2D eigenvalue weighted by Crippen LogP contribution is -2.20. The number of nitrogens with two attached hydrogens (primary N) is 1. The first kappa shape index (κ1) is 12.0. The first-order valence-corrected chi connectivity index (χ1v) is 7.37. The van der Waals surface area contributed by atoms with E-state index in [4.69, 9.17) is 5.73 Å². The monoisotopic (exact) mass is 219 g/mol. The van der Waals surface area contributed by atoms with Gasteiger partial charge in [-0.3, -0.25) is 0 Å². The van der Waals surface area contributed by atoms with Crippen molar-refractivity contribution in [2.45, 2.75) is 38.5 Å². The summed E-state index contributed by atoms with van der Waals surface area (Å²) >= 11 is 0. The maximum atomic E-state index is 11.4. The van der Waals surface area contributed by atoms with Crippen molar-refractivity contribution in [1.82, 2.24) is 0 Å². The molecule has 0 aliphatic heterocycles. The third kappa shape index (κ3) is 4.42.